The van der Waals surface area contributed by atoms with Crippen molar-refractivity contribution >= 4 is 27.5 Å². The Balaban J connectivity index is 2.32. The second-order valence-corrected chi connectivity index (χ2v) is 5.15. The molecule has 0 bridgehead atoms. The van der Waals surface area contributed by atoms with Crippen molar-refractivity contribution in [1.82, 2.24) is 0 Å². The number of hydrogen-bond donors (Lipinski definition) is 2. The van der Waals surface area contributed by atoms with E-state index in [9.17, 15) is 5.11 Å². The Morgan fingerprint density at radius 3 is 2.72 bits per heavy atom. The van der Waals surface area contributed by atoms with Crippen LogP contribution in [-0.2, 0) is 0 Å². The van der Waals surface area contributed by atoms with Gasteiger partial charge in [0.2, 0.25) is 0 Å². The van der Waals surface area contributed by atoms with Crippen molar-refractivity contribution < 1.29 is 9.52 Å². The molecule has 0 amide bonds. The Hall–Kier alpha value is -0.810. The minimum atomic E-state index is -0.735. The highest BCUT2D eigenvalue weighted by molar-refractivity contribution is 9.10. The molecule has 1 aromatic heterocycles. The lowest BCUT2D eigenvalue weighted by Crippen LogP contribution is -2.20. The molecule has 0 aliphatic heterocycles. The normalized spacial score (nSPS) is 14.4. The molecule has 2 rings (SSSR count). The molecule has 0 saturated carbocycles. The van der Waals surface area contributed by atoms with E-state index in [0.29, 0.717) is 21.8 Å². The SMILES string of the molecule is NCC(c1cccc(Cl)c1)C(O)c1ccoc1Br. The standard InChI is InChI=1S/C13H13BrClNO2/c14-13-10(4-5-18-13)12(17)11(7-16)8-2-1-3-9(15)6-8/h1-6,11-12,17H,7,16H2. The monoisotopic (exact) mass is 329 g/mol. The lowest BCUT2D eigenvalue weighted by Gasteiger charge is -2.21. The Kier molecular flexibility index (Phi) is 4.45. The lowest BCUT2D eigenvalue weighted by atomic mass is 9.90. The van der Waals surface area contributed by atoms with E-state index in [4.69, 9.17) is 21.8 Å². The molecular weight excluding hydrogens is 318 g/mol. The second-order valence-electron chi connectivity index (χ2n) is 3.99. The molecular formula is C13H13BrClNO2. The van der Waals surface area contributed by atoms with Crippen LogP contribution in [0.1, 0.15) is 23.1 Å². The summed E-state index contributed by atoms with van der Waals surface area (Å²) in [5.74, 6) is -0.224. The summed E-state index contributed by atoms with van der Waals surface area (Å²) in [5.41, 5.74) is 7.36. The first-order chi connectivity index (χ1) is 8.63. The van der Waals surface area contributed by atoms with Gasteiger partial charge in [-0.05, 0) is 39.7 Å². The van der Waals surface area contributed by atoms with Crippen LogP contribution in [0, 0.1) is 0 Å². The van der Waals surface area contributed by atoms with Crippen LogP contribution in [0.15, 0.2) is 45.7 Å². The van der Waals surface area contributed by atoms with Crippen LogP contribution in [0.2, 0.25) is 5.02 Å². The minimum Gasteiger partial charge on any atom is -0.457 e. The predicted octanol–water partition coefficient (Wildman–Crippen LogP) is 3.47. The molecule has 0 radical (unpaired) electrons. The van der Waals surface area contributed by atoms with E-state index in [0.717, 1.165) is 5.56 Å². The van der Waals surface area contributed by atoms with Crippen LogP contribution in [0.25, 0.3) is 0 Å². The molecule has 3 N–H and O–H groups in total. The molecule has 0 aliphatic carbocycles. The van der Waals surface area contributed by atoms with E-state index in [2.05, 4.69) is 15.9 Å². The summed E-state index contributed by atoms with van der Waals surface area (Å²) in [5, 5.41) is 11.0. The van der Waals surface area contributed by atoms with Crippen LogP contribution in [-0.4, -0.2) is 11.7 Å². The second kappa shape index (κ2) is 5.89. The van der Waals surface area contributed by atoms with E-state index in [1.54, 1.807) is 12.1 Å². The summed E-state index contributed by atoms with van der Waals surface area (Å²) < 4.78 is 5.65. The van der Waals surface area contributed by atoms with Gasteiger partial charge in [-0.25, -0.2) is 0 Å². The first-order valence-corrected chi connectivity index (χ1v) is 6.67. The minimum absolute atomic E-state index is 0.224. The van der Waals surface area contributed by atoms with Gasteiger partial charge in [0.1, 0.15) is 0 Å². The molecule has 2 unspecified atom stereocenters. The smallest absolute Gasteiger partial charge is 0.174 e. The molecule has 1 heterocycles. The van der Waals surface area contributed by atoms with E-state index >= 15 is 0 Å². The fourth-order valence-corrected chi connectivity index (χ4v) is 2.59. The van der Waals surface area contributed by atoms with Gasteiger partial charge in [-0.3, -0.25) is 0 Å². The quantitative estimate of drug-likeness (QED) is 0.902. The van der Waals surface area contributed by atoms with Gasteiger partial charge in [-0.15, -0.1) is 0 Å². The highest BCUT2D eigenvalue weighted by Gasteiger charge is 2.24. The number of benzene rings is 1. The van der Waals surface area contributed by atoms with Crippen molar-refractivity contribution in [3.05, 3.63) is 57.4 Å². The van der Waals surface area contributed by atoms with Gasteiger partial charge in [-0.1, -0.05) is 23.7 Å². The summed E-state index contributed by atoms with van der Waals surface area (Å²) in [4.78, 5) is 0. The van der Waals surface area contributed by atoms with Crippen molar-refractivity contribution in [1.29, 1.82) is 0 Å². The zero-order chi connectivity index (χ0) is 13.1. The van der Waals surface area contributed by atoms with E-state index in [1.807, 2.05) is 18.2 Å². The van der Waals surface area contributed by atoms with Gasteiger partial charge in [0.25, 0.3) is 0 Å². The molecule has 0 saturated heterocycles. The number of aliphatic hydroxyl groups excluding tert-OH is 1. The fraction of sp³-hybridized carbons (Fsp3) is 0.231. The van der Waals surface area contributed by atoms with E-state index in [-0.39, 0.29) is 5.92 Å². The third-order valence-corrected chi connectivity index (χ3v) is 3.76. The van der Waals surface area contributed by atoms with Gasteiger partial charge in [0, 0.05) is 23.0 Å². The molecule has 0 aliphatic rings. The van der Waals surface area contributed by atoms with Crippen LogP contribution >= 0.6 is 27.5 Å². The molecule has 3 nitrogen and oxygen atoms in total. The number of halogens is 2. The highest BCUT2D eigenvalue weighted by atomic mass is 79.9. The maximum Gasteiger partial charge on any atom is 0.174 e. The molecule has 5 heteroatoms. The Labute approximate surface area is 119 Å². The Morgan fingerprint density at radius 2 is 2.17 bits per heavy atom. The first kappa shape index (κ1) is 13.6. The molecule has 1 aromatic carbocycles. The average molecular weight is 331 g/mol. The summed E-state index contributed by atoms with van der Waals surface area (Å²) in [6.45, 7) is 0.319. The van der Waals surface area contributed by atoms with Crippen molar-refractivity contribution in [3.63, 3.8) is 0 Å². The largest absolute Gasteiger partial charge is 0.457 e. The van der Waals surface area contributed by atoms with Crippen molar-refractivity contribution in [2.45, 2.75) is 12.0 Å². The third-order valence-electron chi connectivity index (χ3n) is 2.88. The predicted molar refractivity (Wildman–Crippen MR) is 74.6 cm³/mol. The van der Waals surface area contributed by atoms with Crippen molar-refractivity contribution in [3.8, 4) is 0 Å². The molecule has 96 valence electrons. The summed E-state index contributed by atoms with van der Waals surface area (Å²) in [7, 11) is 0. The van der Waals surface area contributed by atoms with Gasteiger partial charge in [0.15, 0.2) is 4.67 Å². The number of hydrogen-bond acceptors (Lipinski definition) is 3. The highest BCUT2D eigenvalue weighted by Crippen LogP contribution is 2.35. The Morgan fingerprint density at radius 1 is 1.39 bits per heavy atom. The first-order valence-electron chi connectivity index (χ1n) is 5.50. The van der Waals surface area contributed by atoms with Gasteiger partial charge >= 0.3 is 0 Å². The van der Waals surface area contributed by atoms with Crippen molar-refractivity contribution in [2.75, 3.05) is 6.54 Å². The fourth-order valence-electron chi connectivity index (χ4n) is 1.92. The van der Waals surface area contributed by atoms with Crippen LogP contribution in [0.5, 0.6) is 0 Å². The molecule has 18 heavy (non-hydrogen) atoms. The van der Waals surface area contributed by atoms with E-state index < -0.39 is 6.10 Å². The van der Waals surface area contributed by atoms with E-state index in [1.165, 1.54) is 6.26 Å². The molecule has 2 aromatic rings. The summed E-state index contributed by atoms with van der Waals surface area (Å²) >= 11 is 9.21. The lowest BCUT2D eigenvalue weighted by molar-refractivity contribution is 0.145. The van der Waals surface area contributed by atoms with Crippen LogP contribution in [0.3, 0.4) is 0 Å². The number of furan rings is 1. The number of aliphatic hydroxyl groups is 1. The number of rotatable bonds is 4. The molecule has 0 spiro atoms. The number of nitrogens with two attached hydrogens (primary N) is 1. The summed E-state index contributed by atoms with van der Waals surface area (Å²) in [6.07, 6.45) is 0.787. The van der Waals surface area contributed by atoms with Gasteiger partial charge < -0.3 is 15.3 Å². The average Bonchev–Trinajstić information content (AvgIpc) is 2.76. The third kappa shape index (κ3) is 2.78. The maximum atomic E-state index is 10.4. The zero-order valence-corrected chi connectivity index (χ0v) is 11.9. The zero-order valence-electron chi connectivity index (χ0n) is 9.51. The summed E-state index contributed by atoms with van der Waals surface area (Å²) in [6, 6.07) is 9.08. The van der Waals surface area contributed by atoms with Crippen molar-refractivity contribution in [2.24, 2.45) is 5.73 Å². The molecule has 2 atom stereocenters. The topological polar surface area (TPSA) is 59.4 Å². The van der Waals surface area contributed by atoms with Gasteiger partial charge in [-0.2, -0.15) is 0 Å². The maximum absolute atomic E-state index is 10.4. The van der Waals surface area contributed by atoms with Gasteiger partial charge in [0.05, 0.1) is 12.4 Å². The Bertz CT molecular complexity index is 529. The van der Waals surface area contributed by atoms with Crippen LogP contribution < -0.4 is 5.73 Å². The molecule has 0 fully saturated rings. The van der Waals surface area contributed by atoms with Crippen LogP contribution in [0.4, 0.5) is 0 Å².